The summed E-state index contributed by atoms with van der Waals surface area (Å²) in [6, 6.07) is 6.83. The van der Waals surface area contributed by atoms with Crippen molar-refractivity contribution in [2.45, 2.75) is 69.9 Å². The highest BCUT2D eigenvalue weighted by Crippen LogP contribution is 2.36. The van der Waals surface area contributed by atoms with Gasteiger partial charge in [0.15, 0.2) is 0 Å². The van der Waals surface area contributed by atoms with Crippen molar-refractivity contribution in [2.24, 2.45) is 11.8 Å². The first-order chi connectivity index (χ1) is 23.9. The molecule has 256 valence electrons. The lowest BCUT2D eigenvalue weighted by Crippen LogP contribution is -2.54. The summed E-state index contributed by atoms with van der Waals surface area (Å²) in [5, 5.41) is 7.07. The standard InChI is InChI=1S/C35H31N5O10/c41-24(15-18-3-1-4-19-27(18)34(49)39(32(19)47)22-11-13-25(42)37-30(22)45)16-7-9-17(10-8-16)29(44)36-21-6-2-5-20-28(21)35(50)40(33(20)48)23-12-14-26(43)38-31(23)46/h1-6,16-17,22-23H,7-15H2,(H,36,44)(H,37,42,45)(H,38,43,46). The molecule has 0 spiro atoms. The number of piperidine rings is 2. The van der Waals surface area contributed by atoms with Crippen LogP contribution in [0.3, 0.4) is 0 Å². The number of amides is 9. The molecule has 15 nitrogen and oxygen atoms in total. The van der Waals surface area contributed by atoms with Gasteiger partial charge in [0, 0.05) is 31.1 Å². The third kappa shape index (κ3) is 5.47. The summed E-state index contributed by atoms with van der Waals surface area (Å²) in [5.41, 5.74) is 0.673. The number of hydrogen-bond donors (Lipinski definition) is 3. The molecule has 4 heterocycles. The van der Waals surface area contributed by atoms with Crippen LogP contribution >= 0.6 is 0 Å². The number of hydrogen-bond acceptors (Lipinski definition) is 10. The van der Waals surface area contributed by atoms with Gasteiger partial charge in [-0.3, -0.25) is 68.4 Å². The summed E-state index contributed by atoms with van der Waals surface area (Å²) in [7, 11) is 0. The van der Waals surface area contributed by atoms with Crippen LogP contribution in [0.2, 0.25) is 0 Å². The summed E-state index contributed by atoms with van der Waals surface area (Å²) >= 11 is 0. The van der Waals surface area contributed by atoms with Crippen LogP contribution in [0.5, 0.6) is 0 Å². The minimum absolute atomic E-state index is 0.00176. The molecule has 2 aromatic rings. The summed E-state index contributed by atoms with van der Waals surface area (Å²) < 4.78 is 0. The molecule has 2 atom stereocenters. The molecule has 0 radical (unpaired) electrons. The molecule has 1 aliphatic carbocycles. The van der Waals surface area contributed by atoms with Crippen molar-refractivity contribution in [1.82, 2.24) is 20.4 Å². The first-order valence-corrected chi connectivity index (χ1v) is 16.5. The fourth-order valence-corrected chi connectivity index (χ4v) is 7.60. The van der Waals surface area contributed by atoms with Gasteiger partial charge in [0.1, 0.15) is 17.9 Å². The summed E-state index contributed by atoms with van der Waals surface area (Å²) in [6.45, 7) is 0. The Morgan fingerprint density at radius 1 is 0.620 bits per heavy atom. The van der Waals surface area contributed by atoms with E-state index in [-0.39, 0.29) is 71.7 Å². The third-order valence-electron chi connectivity index (χ3n) is 10.2. The molecule has 0 bridgehead atoms. The zero-order valence-corrected chi connectivity index (χ0v) is 26.6. The Labute approximate surface area is 284 Å². The van der Waals surface area contributed by atoms with E-state index < -0.39 is 71.2 Å². The molecule has 9 amide bonds. The number of nitrogens with zero attached hydrogens (tertiary/aromatic N) is 2. The van der Waals surface area contributed by atoms with Gasteiger partial charge in [0.25, 0.3) is 23.6 Å². The highest BCUT2D eigenvalue weighted by atomic mass is 16.2. The lowest BCUT2D eigenvalue weighted by molar-refractivity contribution is -0.137. The monoisotopic (exact) mass is 681 g/mol. The molecular weight excluding hydrogens is 650 g/mol. The number of anilines is 1. The molecule has 15 heteroatoms. The summed E-state index contributed by atoms with van der Waals surface area (Å²) in [6.07, 6.45) is 1.36. The van der Waals surface area contributed by atoms with E-state index in [9.17, 15) is 47.9 Å². The van der Waals surface area contributed by atoms with Crippen molar-refractivity contribution in [1.29, 1.82) is 0 Å². The maximum atomic E-state index is 13.5. The lowest BCUT2D eigenvalue weighted by Gasteiger charge is -2.28. The fraction of sp³-hybridized carbons (Fsp3) is 0.371. The smallest absolute Gasteiger partial charge is 0.264 e. The fourth-order valence-electron chi connectivity index (χ4n) is 7.60. The average molecular weight is 682 g/mol. The van der Waals surface area contributed by atoms with Gasteiger partial charge in [-0.05, 0) is 62.3 Å². The van der Waals surface area contributed by atoms with Gasteiger partial charge in [-0.1, -0.05) is 18.2 Å². The van der Waals surface area contributed by atoms with Crippen LogP contribution in [0, 0.1) is 11.8 Å². The molecule has 3 N–H and O–H groups in total. The molecule has 2 unspecified atom stereocenters. The van der Waals surface area contributed by atoms with Gasteiger partial charge >= 0.3 is 0 Å². The predicted molar refractivity (Wildman–Crippen MR) is 169 cm³/mol. The Hall–Kier alpha value is -5.86. The zero-order chi connectivity index (χ0) is 35.4. The normalized spacial score (nSPS) is 25.0. The van der Waals surface area contributed by atoms with Gasteiger partial charge < -0.3 is 5.32 Å². The van der Waals surface area contributed by atoms with Crippen LogP contribution in [0.1, 0.15) is 98.4 Å². The second kappa shape index (κ2) is 12.5. The number of Topliss-reactive ketones (excluding diaryl/α,β-unsaturated/α-hetero) is 1. The second-order valence-corrected chi connectivity index (χ2v) is 13.1. The highest BCUT2D eigenvalue weighted by molar-refractivity contribution is 6.26. The average Bonchev–Trinajstić information content (AvgIpc) is 3.50. The number of nitrogens with one attached hydrogen (secondary N) is 3. The van der Waals surface area contributed by atoms with Crippen LogP contribution in [0.25, 0.3) is 0 Å². The largest absolute Gasteiger partial charge is 0.325 e. The van der Waals surface area contributed by atoms with Crippen molar-refractivity contribution in [3.05, 3.63) is 64.2 Å². The molecule has 0 aromatic heterocycles. The molecule has 50 heavy (non-hydrogen) atoms. The Morgan fingerprint density at radius 2 is 1.12 bits per heavy atom. The Bertz CT molecular complexity index is 1820. The van der Waals surface area contributed by atoms with Crippen LogP contribution in [0.4, 0.5) is 5.69 Å². The van der Waals surface area contributed by atoms with E-state index in [1.165, 1.54) is 24.3 Å². The van der Waals surface area contributed by atoms with E-state index in [0.29, 0.717) is 31.2 Å². The van der Waals surface area contributed by atoms with Crippen LogP contribution < -0.4 is 16.0 Å². The first-order valence-electron chi connectivity index (χ1n) is 16.5. The van der Waals surface area contributed by atoms with E-state index in [1.54, 1.807) is 12.1 Å². The number of imide groups is 4. The van der Waals surface area contributed by atoms with Gasteiger partial charge in [-0.15, -0.1) is 0 Å². The van der Waals surface area contributed by atoms with Crippen molar-refractivity contribution in [3.63, 3.8) is 0 Å². The maximum Gasteiger partial charge on any atom is 0.264 e. The third-order valence-corrected chi connectivity index (χ3v) is 10.2. The number of fused-ring (bicyclic) bond motifs is 2. The van der Waals surface area contributed by atoms with E-state index in [4.69, 9.17) is 0 Å². The first kappa shape index (κ1) is 32.7. The minimum atomic E-state index is -1.14. The SMILES string of the molecule is O=C1CCC(N2C(=O)c3cccc(CC(=O)C4CCC(C(=O)Nc5cccc6c5C(=O)N(C5CCC(=O)NC5=O)C6=O)CC4)c3C2=O)C(=O)N1. The maximum absolute atomic E-state index is 13.5. The minimum Gasteiger partial charge on any atom is -0.325 e. The molecule has 1 saturated carbocycles. The van der Waals surface area contributed by atoms with Crippen LogP contribution in [-0.4, -0.2) is 80.8 Å². The Morgan fingerprint density at radius 3 is 1.68 bits per heavy atom. The number of benzene rings is 2. The van der Waals surface area contributed by atoms with Gasteiger partial charge in [0.2, 0.25) is 29.5 Å². The molecule has 2 aromatic carbocycles. The number of ketones is 1. The van der Waals surface area contributed by atoms with Crippen LogP contribution in [-0.2, 0) is 35.2 Å². The highest BCUT2D eigenvalue weighted by Gasteiger charge is 2.47. The number of carbonyl (C=O) groups is 10. The lowest BCUT2D eigenvalue weighted by atomic mass is 9.78. The topological polar surface area (TPSA) is 213 Å². The van der Waals surface area contributed by atoms with Crippen molar-refractivity contribution < 1.29 is 47.9 Å². The van der Waals surface area contributed by atoms with E-state index in [1.807, 2.05) is 0 Å². The van der Waals surface area contributed by atoms with Crippen molar-refractivity contribution in [2.75, 3.05) is 5.32 Å². The number of rotatable bonds is 7. The molecular formula is C35H31N5O10. The summed E-state index contributed by atoms with van der Waals surface area (Å²) in [4.78, 5) is 130. The second-order valence-electron chi connectivity index (χ2n) is 13.1. The summed E-state index contributed by atoms with van der Waals surface area (Å²) in [5.74, 6) is -6.63. The van der Waals surface area contributed by atoms with Gasteiger partial charge in [-0.2, -0.15) is 0 Å². The van der Waals surface area contributed by atoms with E-state index >= 15 is 0 Å². The zero-order valence-electron chi connectivity index (χ0n) is 26.6. The van der Waals surface area contributed by atoms with E-state index in [2.05, 4.69) is 16.0 Å². The molecule has 3 fully saturated rings. The quantitative estimate of drug-likeness (QED) is 0.353. The van der Waals surface area contributed by atoms with Crippen LogP contribution in [0.15, 0.2) is 36.4 Å². The Balaban J connectivity index is 0.983. The van der Waals surface area contributed by atoms with Crippen molar-refractivity contribution >= 4 is 64.6 Å². The molecule has 7 rings (SSSR count). The van der Waals surface area contributed by atoms with E-state index in [0.717, 1.165) is 9.80 Å². The van der Waals surface area contributed by atoms with Gasteiger partial charge in [-0.25, -0.2) is 0 Å². The van der Waals surface area contributed by atoms with Gasteiger partial charge in [0.05, 0.1) is 27.9 Å². The molecule has 2 saturated heterocycles. The Kier molecular flexibility index (Phi) is 8.20. The van der Waals surface area contributed by atoms with Crippen molar-refractivity contribution in [3.8, 4) is 0 Å². The molecule has 4 aliphatic heterocycles. The molecule has 5 aliphatic rings. The number of carbonyl (C=O) groups excluding carboxylic acids is 10. The predicted octanol–water partition coefficient (Wildman–Crippen LogP) is 1.05.